The lowest BCUT2D eigenvalue weighted by Gasteiger charge is -2.33. The largest absolute Gasteiger partial charge is 0.338 e. The van der Waals surface area contributed by atoms with Crippen molar-refractivity contribution >= 4 is 29.1 Å². The van der Waals surface area contributed by atoms with Crippen molar-refractivity contribution in [1.82, 2.24) is 15.1 Å². The van der Waals surface area contributed by atoms with Gasteiger partial charge in [0.2, 0.25) is 0 Å². The van der Waals surface area contributed by atoms with Gasteiger partial charge < -0.3 is 4.90 Å². The van der Waals surface area contributed by atoms with Crippen LogP contribution >= 0.6 is 23.2 Å². The van der Waals surface area contributed by atoms with Gasteiger partial charge in [-0.1, -0.05) is 29.3 Å². The van der Waals surface area contributed by atoms with Crippen molar-refractivity contribution in [3.63, 3.8) is 0 Å². The number of likely N-dealkylation sites (tertiary alicyclic amines) is 1. The minimum atomic E-state index is -0.0434. The van der Waals surface area contributed by atoms with Crippen LogP contribution in [0.25, 0.3) is 0 Å². The van der Waals surface area contributed by atoms with Crippen molar-refractivity contribution in [3.8, 4) is 0 Å². The second-order valence-corrected chi connectivity index (χ2v) is 6.68. The molecule has 0 N–H and O–H groups in total. The van der Waals surface area contributed by atoms with Gasteiger partial charge in [0, 0.05) is 24.0 Å². The van der Waals surface area contributed by atoms with Crippen LogP contribution in [0.2, 0.25) is 10.2 Å². The Morgan fingerprint density at radius 2 is 2.13 bits per heavy atom. The van der Waals surface area contributed by atoms with Gasteiger partial charge in [0.1, 0.15) is 0 Å². The number of rotatable bonds is 2. The zero-order valence-electron chi connectivity index (χ0n) is 12.8. The summed E-state index contributed by atoms with van der Waals surface area (Å²) >= 11 is 11.9. The minimum Gasteiger partial charge on any atom is -0.338 e. The lowest BCUT2D eigenvalue weighted by molar-refractivity contribution is 0.0706. The van der Waals surface area contributed by atoms with Crippen LogP contribution in [0.5, 0.6) is 0 Å². The van der Waals surface area contributed by atoms with E-state index in [1.165, 1.54) is 17.3 Å². The van der Waals surface area contributed by atoms with Gasteiger partial charge in [-0.3, -0.25) is 4.79 Å². The molecule has 1 aliphatic heterocycles. The van der Waals surface area contributed by atoms with E-state index in [-0.39, 0.29) is 11.1 Å². The Bertz CT molecular complexity index is 736. The SMILES string of the molecule is Cc1cc(Cl)ccc1[C@H]1CCCN(C(=O)c2cnnc(Cl)c2)C1. The van der Waals surface area contributed by atoms with Gasteiger partial charge in [-0.05, 0) is 49.1 Å². The summed E-state index contributed by atoms with van der Waals surface area (Å²) in [5.74, 6) is 0.286. The smallest absolute Gasteiger partial charge is 0.255 e. The van der Waals surface area contributed by atoms with E-state index >= 15 is 0 Å². The van der Waals surface area contributed by atoms with Gasteiger partial charge in [-0.25, -0.2) is 0 Å². The van der Waals surface area contributed by atoms with Crippen LogP contribution < -0.4 is 0 Å². The highest BCUT2D eigenvalue weighted by Gasteiger charge is 2.26. The molecule has 0 bridgehead atoms. The van der Waals surface area contributed by atoms with Crippen LogP contribution in [0.1, 0.15) is 40.2 Å². The summed E-state index contributed by atoms with van der Waals surface area (Å²) in [5, 5.41) is 8.42. The number of amides is 1. The molecule has 1 saturated heterocycles. The first-order valence-electron chi connectivity index (χ1n) is 7.58. The first-order chi connectivity index (χ1) is 11.0. The number of halogens is 2. The topological polar surface area (TPSA) is 46.1 Å². The zero-order valence-corrected chi connectivity index (χ0v) is 14.3. The van der Waals surface area contributed by atoms with Crippen LogP contribution in [0.15, 0.2) is 30.5 Å². The molecule has 6 heteroatoms. The number of carbonyl (C=O) groups is 1. The maximum atomic E-state index is 12.6. The zero-order chi connectivity index (χ0) is 16.4. The summed E-state index contributed by atoms with van der Waals surface area (Å²) in [4.78, 5) is 14.5. The Labute approximate surface area is 145 Å². The number of nitrogens with zero attached hydrogens (tertiary/aromatic N) is 3. The Morgan fingerprint density at radius 1 is 1.30 bits per heavy atom. The van der Waals surface area contributed by atoms with E-state index < -0.39 is 0 Å². The molecule has 1 aliphatic rings. The number of benzene rings is 1. The van der Waals surface area contributed by atoms with Crippen LogP contribution in [-0.4, -0.2) is 34.1 Å². The second-order valence-electron chi connectivity index (χ2n) is 5.86. The Kier molecular flexibility index (Phi) is 4.83. The minimum absolute atomic E-state index is 0.0434. The number of aryl methyl sites for hydroxylation is 1. The van der Waals surface area contributed by atoms with E-state index in [1.54, 1.807) is 6.07 Å². The summed E-state index contributed by atoms with van der Waals surface area (Å²) in [5.41, 5.74) is 2.92. The first-order valence-corrected chi connectivity index (χ1v) is 8.34. The third-order valence-corrected chi connectivity index (χ3v) is 4.67. The van der Waals surface area contributed by atoms with Gasteiger partial charge in [0.05, 0.1) is 11.8 Å². The molecule has 3 rings (SSSR count). The fourth-order valence-corrected chi connectivity index (χ4v) is 3.54. The average Bonchev–Trinajstić information content (AvgIpc) is 2.54. The molecule has 4 nitrogen and oxygen atoms in total. The fourth-order valence-electron chi connectivity index (χ4n) is 3.15. The van der Waals surface area contributed by atoms with Gasteiger partial charge in [0.25, 0.3) is 5.91 Å². The van der Waals surface area contributed by atoms with Crippen molar-refractivity contribution in [2.24, 2.45) is 0 Å². The summed E-state index contributed by atoms with van der Waals surface area (Å²) in [6, 6.07) is 7.52. The van der Waals surface area contributed by atoms with E-state index in [2.05, 4.69) is 23.2 Å². The maximum absolute atomic E-state index is 12.6. The second kappa shape index (κ2) is 6.85. The molecule has 0 aliphatic carbocycles. The van der Waals surface area contributed by atoms with Crippen molar-refractivity contribution in [3.05, 3.63) is 57.3 Å². The van der Waals surface area contributed by atoms with Crippen LogP contribution in [0.4, 0.5) is 0 Å². The van der Waals surface area contributed by atoms with Gasteiger partial charge >= 0.3 is 0 Å². The molecule has 0 spiro atoms. The average molecular weight is 350 g/mol. The van der Waals surface area contributed by atoms with E-state index in [4.69, 9.17) is 23.2 Å². The highest BCUT2D eigenvalue weighted by atomic mass is 35.5. The van der Waals surface area contributed by atoms with Crippen LogP contribution in [0, 0.1) is 6.92 Å². The normalized spacial score (nSPS) is 18.0. The van der Waals surface area contributed by atoms with Crippen molar-refractivity contribution in [2.45, 2.75) is 25.7 Å². The van der Waals surface area contributed by atoms with Gasteiger partial charge in [0.15, 0.2) is 5.15 Å². The van der Waals surface area contributed by atoms with Crippen molar-refractivity contribution in [2.75, 3.05) is 13.1 Å². The molecule has 1 amide bonds. The highest BCUT2D eigenvalue weighted by Crippen LogP contribution is 2.31. The standard InChI is InChI=1S/C17H17Cl2N3O/c1-11-7-14(18)4-5-15(11)12-3-2-6-22(10-12)17(23)13-8-16(19)21-20-9-13/h4-5,7-9,12H,2-3,6,10H2,1H3/t12-/m0/s1. The Balaban J connectivity index is 1.79. The number of aromatic nitrogens is 2. The van der Waals surface area contributed by atoms with E-state index in [1.807, 2.05) is 17.0 Å². The lowest BCUT2D eigenvalue weighted by atomic mass is 9.88. The molecule has 1 fully saturated rings. The third kappa shape index (κ3) is 3.65. The number of piperidine rings is 1. The number of hydrogen-bond acceptors (Lipinski definition) is 3. The lowest BCUT2D eigenvalue weighted by Crippen LogP contribution is -2.39. The molecule has 1 aromatic heterocycles. The molecule has 0 saturated carbocycles. The molecular weight excluding hydrogens is 333 g/mol. The summed E-state index contributed by atoms with van der Waals surface area (Å²) in [6.07, 6.45) is 3.51. The quantitative estimate of drug-likeness (QED) is 0.819. The summed E-state index contributed by atoms with van der Waals surface area (Å²) in [6.45, 7) is 3.51. The van der Waals surface area contributed by atoms with E-state index in [9.17, 15) is 4.79 Å². The van der Waals surface area contributed by atoms with Crippen LogP contribution in [0.3, 0.4) is 0 Å². The molecule has 0 radical (unpaired) electrons. The summed E-state index contributed by atoms with van der Waals surface area (Å²) < 4.78 is 0. The van der Waals surface area contributed by atoms with Crippen molar-refractivity contribution in [1.29, 1.82) is 0 Å². The van der Waals surface area contributed by atoms with E-state index in [0.29, 0.717) is 18.0 Å². The monoisotopic (exact) mass is 349 g/mol. The molecule has 0 unspecified atom stereocenters. The number of hydrogen-bond donors (Lipinski definition) is 0. The summed E-state index contributed by atoms with van der Waals surface area (Å²) in [7, 11) is 0. The Morgan fingerprint density at radius 3 is 2.87 bits per heavy atom. The molecule has 1 atom stereocenters. The molecular formula is C17H17Cl2N3O. The predicted molar refractivity (Wildman–Crippen MR) is 91.1 cm³/mol. The maximum Gasteiger partial charge on any atom is 0.255 e. The fraction of sp³-hybridized carbons (Fsp3) is 0.353. The number of carbonyl (C=O) groups excluding carboxylic acids is 1. The third-order valence-electron chi connectivity index (χ3n) is 4.25. The molecule has 2 heterocycles. The Hall–Kier alpha value is -1.65. The predicted octanol–water partition coefficient (Wildman–Crippen LogP) is 4.11. The highest BCUT2D eigenvalue weighted by molar-refractivity contribution is 6.30. The molecule has 1 aromatic carbocycles. The van der Waals surface area contributed by atoms with Gasteiger partial charge in [-0.2, -0.15) is 5.10 Å². The van der Waals surface area contributed by atoms with E-state index in [0.717, 1.165) is 24.4 Å². The van der Waals surface area contributed by atoms with Crippen LogP contribution in [-0.2, 0) is 0 Å². The van der Waals surface area contributed by atoms with Gasteiger partial charge in [-0.15, -0.1) is 5.10 Å². The van der Waals surface area contributed by atoms with Crippen molar-refractivity contribution < 1.29 is 4.79 Å². The molecule has 120 valence electrons. The molecule has 2 aromatic rings. The molecule has 23 heavy (non-hydrogen) atoms. The first kappa shape index (κ1) is 16.2.